The van der Waals surface area contributed by atoms with Crippen molar-refractivity contribution in [2.24, 2.45) is 11.8 Å². The van der Waals surface area contributed by atoms with Crippen molar-refractivity contribution in [2.75, 3.05) is 25.0 Å². The van der Waals surface area contributed by atoms with E-state index in [2.05, 4.69) is 49.0 Å². The van der Waals surface area contributed by atoms with E-state index in [1.165, 1.54) is 18.4 Å². The van der Waals surface area contributed by atoms with Crippen LogP contribution >= 0.6 is 0 Å². The lowest BCUT2D eigenvalue weighted by Crippen LogP contribution is -2.30. The first kappa shape index (κ1) is 17.0. The summed E-state index contributed by atoms with van der Waals surface area (Å²) >= 11 is 0. The summed E-state index contributed by atoms with van der Waals surface area (Å²) < 4.78 is 0. The summed E-state index contributed by atoms with van der Waals surface area (Å²) in [5.41, 5.74) is 1.29. The lowest BCUT2D eigenvalue weighted by atomic mass is 10.1. The van der Waals surface area contributed by atoms with Crippen LogP contribution < -0.4 is 10.2 Å². The number of nitrogens with one attached hydrogen (secondary N) is 1. The topological polar surface area (TPSA) is 28.2 Å². The minimum absolute atomic E-state index is 0.730. The van der Waals surface area contributed by atoms with Gasteiger partial charge < -0.3 is 10.2 Å². The van der Waals surface area contributed by atoms with Crippen LogP contribution in [0.15, 0.2) is 18.3 Å². The normalized spacial score (nSPS) is 11.3. The fourth-order valence-corrected chi connectivity index (χ4v) is 2.20. The highest BCUT2D eigenvalue weighted by Crippen LogP contribution is 2.19. The van der Waals surface area contributed by atoms with Crippen molar-refractivity contribution in [3.63, 3.8) is 0 Å². The highest BCUT2D eigenvalue weighted by Gasteiger charge is 2.13. The van der Waals surface area contributed by atoms with E-state index in [9.17, 15) is 0 Å². The minimum atomic E-state index is 0.730. The van der Waals surface area contributed by atoms with Gasteiger partial charge in [0.05, 0.1) is 0 Å². The third kappa shape index (κ3) is 5.91. The molecule has 1 aromatic heterocycles. The second-order valence-electron chi connectivity index (χ2n) is 6.37. The number of hydrogen-bond donors (Lipinski definition) is 1. The SMILES string of the molecule is CNCc1cccnc1N(CCC(C)C)CCC(C)C. The largest absolute Gasteiger partial charge is 0.356 e. The molecule has 3 heteroatoms. The van der Waals surface area contributed by atoms with Crippen LogP contribution in [-0.2, 0) is 6.54 Å². The van der Waals surface area contributed by atoms with Crippen LogP contribution in [0.3, 0.4) is 0 Å². The number of hydrogen-bond acceptors (Lipinski definition) is 3. The second-order valence-corrected chi connectivity index (χ2v) is 6.37. The Balaban J connectivity index is 2.84. The van der Waals surface area contributed by atoms with E-state index in [-0.39, 0.29) is 0 Å². The van der Waals surface area contributed by atoms with Crippen LogP contribution in [0.2, 0.25) is 0 Å². The van der Waals surface area contributed by atoms with Gasteiger partial charge in [0.25, 0.3) is 0 Å². The number of pyridine rings is 1. The summed E-state index contributed by atoms with van der Waals surface area (Å²) in [5.74, 6) is 2.61. The van der Waals surface area contributed by atoms with Gasteiger partial charge in [0.1, 0.15) is 5.82 Å². The third-order valence-corrected chi connectivity index (χ3v) is 3.49. The van der Waals surface area contributed by atoms with Crippen molar-refractivity contribution in [1.29, 1.82) is 0 Å². The molecule has 1 rings (SSSR count). The molecule has 0 aromatic carbocycles. The van der Waals surface area contributed by atoms with Gasteiger partial charge in [0.2, 0.25) is 0 Å². The summed E-state index contributed by atoms with van der Waals surface area (Å²) in [6.45, 7) is 12.2. The quantitative estimate of drug-likeness (QED) is 0.746. The molecule has 0 aliphatic carbocycles. The van der Waals surface area contributed by atoms with E-state index in [4.69, 9.17) is 0 Å². The van der Waals surface area contributed by atoms with Crippen molar-refractivity contribution >= 4 is 5.82 Å². The summed E-state index contributed by atoms with van der Waals surface area (Å²) in [4.78, 5) is 7.10. The molecule has 1 aromatic rings. The second kappa shape index (κ2) is 8.96. The molecule has 0 atom stereocenters. The van der Waals surface area contributed by atoms with Crippen LogP contribution in [0.4, 0.5) is 5.82 Å². The zero-order valence-corrected chi connectivity index (χ0v) is 13.8. The van der Waals surface area contributed by atoms with Crippen molar-refractivity contribution in [1.82, 2.24) is 10.3 Å². The molecule has 0 amide bonds. The van der Waals surface area contributed by atoms with E-state index in [0.717, 1.165) is 37.3 Å². The molecule has 0 saturated heterocycles. The third-order valence-electron chi connectivity index (χ3n) is 3.49. The van der Waals surface area contributed by atoms with E-state index < -0.39 is 0 Å². The fourth-order valence-electron chi connectivity index (χ4n) is 2.20. The smallest absolute Gasteiger partial charge is 0.133 e. The first-order valence-corrected chi connectivity index (χ1v) is 7.88. The van der Waals surface area contributed by atoms with Crippen molar-refractivity contribution in [3.8, 4) is 0 Å². The zero-order valence-electron chi connectivity index (χ0n) is 13.8. The van der Waals surface area contributed by atoms with E-state index in [0.29, 0.717) is 0 Å². The zero-order chi connectivity index (χ0) is 15.0. The van der Waals surface area contributed by atoms with Crippen molar-refractivity contribution in [2.45, 2.75) is 47.1 Å². The maximum atomic E-state index is 4.64. The van der Waals surface area contributed by atoms with Gasteiger partial charge in [-0.25, -0.2) is 4.98 Å². The average Bonchev–Trinajstić information content (AvgIpc) is 2.40. The number of nitrogens with zero attached hydrogens (tertiary/aromatic N) is 2. The Morgan fingerprint density at radius 2 is 1.70 bits per heavy atom. The highest BCUT2D eigenvalue weighted by atomic mass is 15.2. The number of anilines is 1. The van der Waals surface area contributed by atoms with Gasteiger partial charge >= 0.3 is 0 Å². The van der Waals surface area contributed by atoms with Crippen molar-refractivity contribution < 1.29 is 0 Å². The van der Waals surface area contributed by atoms with Crippen LogP contribution in [-0.4, -0.2) is 25.1 Å². The molecule has 3 nitrogen and oxygen atoms in total. The fraction of sp³-hybridized carbons (Fsp3) is 0.706. The van der Waals surface area contributed by atoms with Crippen molar-refractivity contribution in [3.05, 3.63) is 23.9 Å². The Bertz CT molecular complexity index is 362. The van der Waals surface area contributed by atoms with Gasteiger partial charge in [-0.2, -0.15) is 0 Å². The number of rotatable bonds is 9. The highest BCUT2D eigenvalue weighted by molar-refractivity contribution is 5.46. The predicted octanol–water partition coefficient (Wildman–Crippen LogP) is 3.70. The lowest BCUT2D eigenvalue weighted by Gasteiger charge is -2.27. The molecule has 0 fully saturated rings. The molecule has 0 aliphatic rings. The molecule has 0 spiro atoms. The first-order valence-electron chi connectivity index (χ1n) is 7.88. The van der Waals surface area contributed by atoms with Crippen LogP contribution in [0.1, 0.15) is 46.1 Å². The van der Waals surface area contributed by atoms with Gasteiger partial charge in [-0.15, -0.1) is 0 Å². The molecule has 0 unspecified atom stereocenters. The molecule has 0 aliphatic heterocycles. The van der Waals surface area contributed by atoms with E-state index in [1.807, 2.05) is 19.3 Å². The Morgan fingerprint density at radius 3 is 2.20 bits per heavy atom. The molecule has 1 heterocycles. The lowest BCUT2D eigenvalue weighted by molar-refractivity contribution is 0.531. The Labute approximate surface area is 124 Å². The first-order chi connectivity index (χ1) is 9.54. The average molecular weight is 277 g/mol. The summed E-state index contributed by atoms with van der Waals surface area (Å²) in [7, 11) is 1.99. The molecule has 20 heavy (non-hydrogen) atoms. The Kier molecular flexibility index (Phi) is 7.60. The summed E-state index contributed by atoms with van der Waals surface area (Å²) in [6.07, 6.45) is 4.34. The molecule has 0 radical (unpaired) electrons. The maximum absolute atomic E-state index is 4.64. The molecule has 1 N–H and O–H groups in total. The monoisotopic (exact) mass is 277 g/mol. The van der Waals surface area contributed by atoms with Crippen LogP contribution in [0, 0.1) is 11.8 Å². The number of aromatic nitrogens is 1. The van der Waals surface area contributed by atoms with Gasteiger partial charge in [-0.05, 0) is 37.8 Å². The molecule has 114 valence electrons. The standard InChI is InChI=1S/C17H31N3/c1-14(2)8-11-20(12-9-15(3)4)17-16(13-18-5)7-6-10-19-17/h6-7,10,14-15,18H,8-9,11-13H2,1-5H3. The van der Waals surface area contributed by atoms with Crippen LogP contribution in [0.5, 0.6) is 0 Å². The predicted molar refractivity (Wildman–Crippen MR) is 88.1 cm³/mol. The van der Waals surface area contributed by atoms with E-state index >= 15 is 0 Å². The molecular formula is C17H31N3. The maximum Gasteiger partial charge on any atom is 0.133 e. The van der Waals surface area contributed by atoms with Gasteiger partial charge in [-0.1, -0.05) is 33.8 Å². The van der Waals surface area contributed by atoms with Gasteiger partial charge in [-0.3, -0.25) is 0 Å². The Hall–Kier alpha value is -1.09. The Morgan fingerprint density at radius 1 is 1.10 bits per heavy atom. The summed E-state index contributed by atoms with van der Waals surface area (Å²) in [5, 5.41) is 3.24. The molecule has 0 saturated carbocycles. The summed E-state index contributed by atoms with van der Waals surface area (Å²) in [6, 6.07) is 4.20. The van der Waals surface area contributed by atoms with Gasteiger partial charge in [0.15, 0.2) is 0 Å². The van der Waals surface area contributed by atoms with Crippen LogP contribution in [0.25, 0.3) is 0 Å². The molecular weight excluding hydrogens is 246 g/mol. The van der Waals surface area contributed by atoms with E-state index in [1.54, 1.807) is 0 Å². The van der Waals surface area contributed by atoms with Gasteiger partial charge in [0, 0.05) is 31.4 Å². The molecule has 0 bridgehead atoms. The minimum Gasteiger partial charge on any atom is -0.356 e.